The number of hydrogen-bond donors (Lipinski definition) is 3. The zero-order chi connectivity index (χ0) is 23.0. The molecule has 3 N–H and O–H groups in total. The van der Waals surface area contributed by atoms with Crippen molar-refractivity contribution in [2.75, 3.05) is 30.8 Å². The number of amides is 2. The number of carbonyl (C=O) groups excluding carboxylic acids is 1. The van der Waals surface area contributed by atoms with E-state index in [0.29, 0.717) is 36.6 Å². The number of halogens is 2. The summed E-state index contributed by atoms with van der Waals surface area (Å²) in [5.74, 6) is -0.585. The van der Waals surface area contributed by atoms with Crippen molar-refractivity contribution in [1.82, 2.24) is 4.90 Å². The lowest BCUT2D eigenvalue weighted by Crippen LogP contribution is -2.46. The van der Waals surface area contributed by atoms with Gasteiger partial charge in [-0.3, -0.25) is 0 Å². The Hall–Kier alpha value is -2.00. The van der Waals surface area contributed by atoms with E-state index in [4.69, 9.17) is 23.2 Å². The van der Waals surface area contributed by atoms with Gasteiger partial charge in [-0.25, -0.2) is 13.2 Å². The second-order valence-electron chi connectivity index (χ2n) is 8.04. The summed E-state index contributed by atoms with van der Waals surface area (Å²) in [6, 6.07) is 7.19. The number of aromatic hydroxyl groups is 1. The molecule has 2 aromatic rings. The van der Waals surface area contributed by atoms with Crippen LogP contribution < -0.4 is 10.6 Å². The molecule has 0 aliphatic carbocycles. The van der Waals surface area contributed by atoms with Gasteiger partial charge < -0.3 is 20.6 Å². The Balaban J connectivity index is 1.90. The number of rotatable bonds is 4. The molecule has 10 heteroatoms. The van der Waals surface area contributed by atoms with E-state index in [1.54, 1.807) is 32.0 Å². The van der Waals surface area contributed by atoms with Crippen molar-refractivity contribution in [3.63, 3.8) is 0 Å². The Labute approximate surface area is 192 Å². The molecule has 0 atom stereocenters. The molecule has 2 aromatic carbocycles. The summed E-state index contributed by atoms with van der Waals surface area (Å²) < 4.78 is 25.8. The maximum atomic E-state index is 13.5. The highest BCUT2D eigenvalue weighted by molar-refractivity contribution is 7.93. The number of aryl methyl sites for hydroxylation is 1. The number of urea groups is 1. The van der Waals surface area contributed by atoms with Crippen LogP contribution in [0.5, 0.6) is 5.75 Å². The zero-order valence-electron chi connectivity index (χ0n) is 17.5. The number of sulfone groups is 1. The van der Waals surface area contributed by atoms with Crippen LogP contribution in [0, 0.1) is 6.92 Å². The molecule has 1 heterocycles. The molecule has 168 valence electrons. The van der Waals surface area contributed by atoms with Gasteiger partial charge in [0.15, 0.2) is 15.6 Å². The van der Waals surface area contributed by atoms with E-state index in [2.05, 4.69) is 15.5 Å². The molecule has 0 saturated carbocycles. The number of nitrogens with zero attached hydrogens (tertiary/aromatic N) is 1. The van der Waals surface area contributed by atoms with Gasteiger partial charge in [-0.2, -0.15) is 0 Å². The second-order valence-corrected chi connectivity index (χ2v) is 11.2. The minimum Gasteiger partial charge on any atom is -0.504 e. The van der Waals surface area contributed by atoms with Crippen LogP contribution in [0.1, 0.15) is 25.3 Å². The van der Waals surface area contributed by atoms with Crippen LogP contribution in [-0.2, 0) is 9.84 Å². The van der Waals surface area contributed by atoms with Gasteiger partial charge >= 0.3 is 6.03 Å². The number of phenolic OH excluding ortho intramolecular Hbond substituents is 1. The minimum atomic E-state index is -3.98. The normalized spacial score (nSPS) is 16.7. The fourth-order valence-electron chi connectivity index (χ4n) is 3.53. The number of anilines is 2. The van der Waals surface area contributed by atoms with E-state index in [1.165, 1.54) is 12.1 Å². The molecule has 1 aliphatic heterocycles. The van der Waals surface area contributed by atoms with Gasteiger partial charge in [0.1, 0.15) is 4.90 Å². The Kier molecular flexibility index (Phi) is 6.76. The van der Waals surface area contributed by atoms with E-state index in [1.807, 2.05) is 7.05 Å². The minimum absolute atomic E-state index is 0.0687. The topological polar surface area (TPSA) is 98.7 Å². The number of benzene rings is 2. The fraction of sp³-hybridized carbons (Fsp3) is 0.381. The molecule has 0 aromatic heterocycles. The van der Waals surface area contributed by atoms with Crippen LogP contribution in [-0.4, -0.2) is 49.3 Å². The highest BCUT2D eigenvalue weighted by Gasteiger charge is 2.44. The molecular weight excluding hydrogens is 461 g/mol. The maximum Gasteiger partial charge on any atom is 0.323 e. The number of nitrogens with one attached hydrogen (secondary N) is 2. The second kappa shape index (κ2) is 8.86. The molecule has 1 saturated heterocycles. The largest absolute Gasteiger partial charge is 0.504 e. The number of likely N-dealkylation sites (tertiary alicyclic amines) is 1. The summed E-state index contributed by atoms with van der Waals surface area (Å²) in [5, 5.41) is 16.1. The fourth-order valence-corrected chi connectivity index (χ4v) is 6.06. The van der Waals surface area contributed by atoms with Gasteiger partial charge in [-0.15, -0.1) is 0 Å². The van der Waals surface area contributed by atoms with E-state index in [0.717, 1.165) is 5.56 Å². The summed E-state index contributed by atoms with van der Waals surface area (Å²) in [7, 11) is -2.05. The molecule has 1 aliphatic rings. The van der Waals surface area contributed by atoms with Crippen LogP contribution in [0.15, 0.2) is 35.2 Å². The standard InChI is InChI=1S/C21H25Cl2N3O4S/c1-13-5-4-6-15(17(13)23)24-20(28)25-16-8-7-14(22)19(18(16)27)31(29,30)21(2)9-11-26(3)12-10-21/h4-8,27H,9-12H2,1-3H3,(H2,24,25,28). The first-order chi connectivity index (χ1) is 14.5. The quantitative estimate of drug-likeness (QED) is 0.534. The van der Waals surface area contributed by atoms with Gasteiger partial charge in [-0.1, -0.05) is 35.3 Å². The van der Waals surface area contributed by atoms with E-state index in [-0.39, 0.29) is 15.6 Å². The number of piperidine rings is 1. The third-order valence-electron chi connectivity index (χ3n) is 5.73. The first kappa shape index (κ1) is 23.7. The highest BCUT2D eigenvalue weighted by atomic mass is 35.5. The van der Waals surface area contributed by atoms with Crippen molar-refractivity contribution in [1.29, 1.82) is 0 Å². The lowest BCUT2D eigenvalue weighted by atomic mass is 9.98. The van der Waals surface area contributed by atoms with Crippen molar-refractivity contribution < 1.29 is 18.3 Å². The van der Waals surface area contributed by atoms with Crippen molar-refractivity contribution in [3.05, 3.63) is 45.9 Å². The highest BCUT2D eigenvalue weighted by Crippen LogP contribution is 2.44. The molecule has 0 spiro atoms. The Morgan fingerprint density at radius 1 is 1.10 bits per heavy atom. The van der Waals surface area contributed by atoms with Crippen LogP contribution in [0.3, 0.4) is 0 Å². The van der Waals surface area contributed by atoms with Crippen molar-refractivity contribution in [2.45, 2.75) is 36.3 Å². The predicted octanol–water partition coefficient (Wildman–Crippen LogP) is 4.91. The van der Waals surface area contributed by atoms with E-state index in [9.17, 15) is 18.3 Å². The number of hydrogen-bond acceptors (Lipinski definition) is 5. The molecule has 0 bridgehead atoms. The smallest absolute Gasteiger partial charge is 0.323 e. The van der Waals surface area contributed by atoms with Gasteiger partial charge in [0.05, 0.1) is 26.2 Å². The van der Waals surface area contributed by atoms with Gasteiger partial charge in [0.25, 0.3) is 0 Å². The molecule has 7 nitrogen and oxygen atoms in total. The molecule has 0 radical (unpaired) electrons. The third-order valence-corrected chi connectivity index (χ3v) is 9.32. The predicted molar refractivity (Wildman–Crippen MR) is 124 cm³/mol. The molecule has 3 rings (SSSR count). The molecule has 1 fully saturated rings. The van der Waals surface area contributed by atoms with Gasteiger partial charge in [0.2, 0.25) is 0 Å². The first-order valence-corrected chi connectivity index (χ1v) is 12.0. The average Bonchev–Trinajstić information content (AvgIpc) is 2.70. The zero-order valence-corrected chi connectivity index (χ0v) is 19.8. The first-order valence-electron chi connectivity index (χ1n) is 9.74. The summed E-state index contributed by atoms with van der Waals surface area (Å²) in [4.78, 5) is 14.1. The van der Waals surface area contributed by atoms with Crippen LogP contribution in [0.4, 0.5) is 16.2 Å². The molecular formula is C21H25Cl2N3O4S. The van der Waals surface area contributed by atoms with Crippen molar-refractivity contribution >= 4 is 50.4 Å². The summed E-state index contributed by atoms with van der Waals surface area (Å²) >= 11 is 12.4. The summed E-state index contributed by atoms with van der Waals surface area (Å²) in [5.41, 5.74) is 1.11. The average molecular weight is 486 g/mol. The summed E-state index contributed by atoms with van der Waals surface area (Å²) in [6.07, 6.45) is 0.817. The lowest BCUT2D eigenvalue weighted by molar-refractivity contribution is 0.240. The van der Waals surface area contributed by atoms with E-state index >= 15 is 0 Å². The summed E-state index contributed by atoms with van der Waals surface area (Å²) in [6.45, 7) is 4.70. The molecule has 31 heavy (non-hydrogen) atoms. The maximum absolute atomic E-state index is 13.5. The lowest BCUT2D eigenvalue weighted by Gasteiger charge is -2.37. The van der Waals surface area contributed by atoms with Crippen molar-refractivity contribution in [3.8, 4) is 5.75 Å². The van der Waals surface area contributed by atoms with Crippen LogP contribution in [0.25, 0.3) is 0 Å². The van der Waals surface area contributed by atoms with E-state index < -0.39 is 26.4 Å². The Morgan fingerprint density at radius 3 is 2.35 bits per heavy atom. The van der Waals surface area contributed by atoms with Crippen LogP contribution >= 0.6 is 23.2 Å². The Morgan fingerprint density at radius 2 is 1.71 bits per heavy atom. The number of phenols is 1. The monoisotopic (exact) mass is 485 g/mol. The SMILES string of the molecule is Cc1cccc(NC(=O)Nc2ccc(Cl)c(S(=O)(=O)C3(C)CCN(C)CC3)c2O)c1Cl. The van der Waals surface area contributed by atoms with Gasteiger partial charge in [0, 0.05) is 0 Å². The Bertz CT molecular complexity index is 1110. The third kappa shape index (κ3) is 4.62. The molecule has 0 unspecified atom stereocenters. The number of carbonyl (C=O) groups is 1. The van der Waals surface area contributed by atoms with Crippen molar-refractivity contribution in [2.24, 2.45) is 0 Å². The molecule has 2 amide bonds. The van der Waals surface area contributed by atoms with Gasteiger partial charge in [-0.05, 0) is 70.6 Å². The van der Waals surface area contributed by atoms with Crippen LogP contribution in [0.2, 0.25) is 10.0 Å².